The summed E-state index contributed by atoms with van der Waals surface area (Å²) in [6, 6.07) is 11.1. The summed E-state index contributed by atoms with van der Waals surface area (Å²) >= 11 is 0. The van der Waals surface area contributed by atoms with Crippen LogP contribution in [0.1, 0.15) is 10.4 Å². The average Bonchev–Trinajstić information content (AvgIpc) is 2.46. The first kappa shape index (κ1) is 14.6. The van der Waals surface area contributed by atoms with E-state index in [9.17, 15) is 9.18 Å². The standard InChI is InChI=1S/C15H14FNO4/c16-12-9-13(17)11(15(18)19)8-14(12)21-7-6-20-10-4-2-1-3-5-10/h1-5,8-9H,6-7,17H2,(H,18,19). The molecule has 0 amide bonds. The van der Waals surface area contributed by atoms with Gasteiger partial charge < -0.3 is 20.3 Å². The maximum Gasteiger partial charge on any atom is 0.337 e. The number of ether oxygens (including phenoxy) is 2. The molecule has 0 saturated carbocycles. The molecular formula is C15H14FNO4. The topological polar surface area (TPSA) is 81.8 Å². The van der Waals surface area contributed by atoms with Crippen LogP contribution in [0.5, 0.6) is 11.5 Å². The second-order valence-corrected chi connectivity index (χ2v) is 4.19. The number of aromatic carboxylic acids is 1. The number of nitrogen functional groups attached to an aromatic ring is 1. The number of benzene rings is 2. The van der Waals surface area contributed by atoms with E-state index in [4.69, 9.17) is 20.3 Å². The van der Waals surface area contributed by atoms with Crippen LogP contribution in [0.25, 0.3) is 0 Å². The van der Waals surface area contributed by atoms with Crippen molar-refractivity contribution >= 4 is 11.7 Å². The Balaban J connectivity index is 1.94. The van der Waals surface area contributed by atoms with Gasteiger partial charge in [-0.2, -0.15) is 0 Å². The highest BCUT2D eigenvalue weighted by Crippen LogP contribution is 2.24. The van der Waals surface area contributed by atoms with E-state index in [1.54, 1.807) is 12.1 Å². The largest absolute Gasteiger partial charge is 0.490 e. The molecule has 0 heterocycles. The van der Waals surface area contributed by atoms with Crippen molar-refractivity contribution in [1.29, 1.82) is 0 Å². The van der Waals surface area contributed by atoms with E-state index in [0.29, 0.717) is 5.75 Å². The van der Waals surface area contributed by atoms with Crippen LogP contribution in [-0.2, 0) is 0 Å². The van der Waals surface area contributed by atoms with Crippen molar-refractivity contribution in [2.24, 2.45) is 0 Å². The Morgan fingerprint density at radius 3 is 2.48 bits per heavy atom. The summed E-state index contributed by atoms with van der Waals surface area (Å²) in [6.07, 6.45) is 0. The molecule has 0 fully saturated rings. The summed E-state index contributed by atoms with van der Waals surface area (Å²) in [4.78, 5) is 10.9. The molecule has 0 atom stereocenters. The first-order valence-corrected chi connectivity index (χ1v) is 6.21. The van der Waals surface area contributed by atoms with Crippen LogP contribution in [0, 0.1) is 5.82 Å². The first-order valence-electron chi connectivity index (χ1n) is 6.21. The maximum atomic E-state index is 13.6. The Morgan fingerprint density at radius 1 is 1.14 bits per heavy atom. The van der Waals surface area contributed by atoms with Gasteiger partial charge >= 0.3 is 5.97 Å². The molecular weight excluding hydrogens is 277 g/mol. The van der Waals surface area contributed by atoms with Gasteiger partial charge in [-0.05, 0) is 18.2 Å². The molecule has 0 radical (unpaired) electrons. The quantitative estimate of drug-likeness (QED) is 0.631. The number of hydrogen-bond donors (Lipinski definition) is 2. The van der Waals surface area contributed by atoms with Crippen LogP contribution in [0.15, 0.2) is 42.5 Å². The van der Waals surface area contributed by atoms with Gasteiger partial charge in [-0.15, -0.1) is 0 Å². The van der Waals surface area contributed by atoms with Gasteiger partial charge in [0.1, 0.15) is 19.0 Å². The lowest BCUT2D eigenvalue weighted by Crippen LogP contribution is -2.11. The van der Waals surface area contributed by atoms with Crippen molar-refractivity contribution in [2.45, 2.75) is 0 Å². The molecule has 2 aromatic carbocycles. The molecule has 0 spiro atoms. The molecule has 6 heteroatoms. The van der Waals surface area contributed by atoms with Gasteiger partial charge in [0, 0.05) is 11.8 Å². The van der Waals surface area contributed by atoms with Crippen molar-refractivity contribution in [3.8, 4) is 11.5 Å². The molecule has 3 N–H and O–H groups in total. The number of anilines is 1. The Labute approximate surface area is 120 Å². The second kappa shape index (κ2) is 6.60. The summed E-state index contributed by atoms with van der Waals surface area (Å²) in [6.45, 7) is 0.283. The summed E-state index contributed by atoms with van der Waals surface area (Å²) in [5.41, 5.74) is 5.08. The number of carboxylic acids is 1. The minimum atomic E-state index is -1.24. The molecule has 0 aliphatic rings. The highest BCUT2D eigenvalue weighted by atomic mass is 19.1. The second-order valence-electron chi connectivity index (χ2n) is 4.19. The molecule has 0 aromatic heterocycles. The Morgan fingerprint density at radius 2 is 1.81 bits per heavy atom. The Hall–Kier alpha value is -2.76. The predicted molar refractivity (Wildman–Crippen MR) is 75.2 cm³/mol. The van der Waals surface area contributed by atoms with Gasteiger partial charge in [0.05, 0.1) is 5.56 Å². The highest BCUT2D eigenvalue weighted by molar-refractivity contribution is 5.94. The van der Waals surface area contributed by atoms with Gasteiger partial charge in [0.15, 0.2) is 11.6 Å². The molecule has 0 aliphatic carbocycles. The summed E-state index contributed by atoms with van der Waals surface area (Å²) < 4.78 is 24.2. The fourth-order valence-electron chi connectivity index (χ4n) is 1.69. The van der Waals surface area contributed by atoms with Crippen molar-refractivity contribution in [3.05, 3.63) is 53.8 Å². The summed E-state index contributed by atoms with van der Waals surface area (Å²) in [7, 11) is 0. The number of para-hydroxylation sites is 1. The van der Waals surface area contributed by atoms with Crippen LogP contribution < -0.4 is 15.2 Å². The van der Waals surface area contributed by atoms with Gasteiger partial charge in [-0.3, -0.25) is 0 Å². The number of carbonyl (C=O) groups is 1. The zero-order chi connectivity index (χ0) is 15.2. The lowest BCUT2D eigenvalue weighted by Gasteiger charge is -2.10. The summed E-state index contributed by atoms with van der Waals surface area (Å²) in [5.74, 6) is -1.45. The smallest absolute Gasteiger partial charge is 0.337 e. The van der Waals surface area contributed by atoms with E-state index in [1.807, 2.05) is 18.2 Å². The predicted octanol–water partition coefficient (Wildman–Crippen LogP) is 2.56. The molecule has 110 valence electrons. The van der Waals surface area contributed by atoms with Gasteiger partial charge in [0.25, 0.3) is 0 Å². The van der Waals surface area contributed by atoms with E-state index in [2.05, 4.69) is 0 Å². The normalized spacial score (nSPS) is 10.1. The minimum Gasteiger partial charge on any atom is -0.490 e. The first-order chi connectivity index (χ1) is 10.1. The van der Waals surface area contributed by atoms with E-state index in [0.717, 1.165) is 12.1 Å². The zero-order valence-corrected chi connectivity index (χ0v) is 11.1. The van der Waals surface area contributed by atoms with Crippen LogP contribution in [0.4, 0.5) is 10.1 Å². The number of hydrogen-bond acceptors (Lipinski definition) is 4. The molecule has 21 heavy (non-hydrogen) atoms. The van der Waals surface area contributed by atoms with Crippen molar-refractivity contribution < 1.29 is 23.8 Å². The van der Waals surface area contributed by atoms with E-state index in [-0.39, 0.29) is 30.2 Å². The summed E-state index contributed by atoms with van der Waals surface area (Å²) in [5, 5.41) is 8.92. The van der Waals surface area contributed by atoms with E-state index < -0.39 is 11.8 Å². The third-order valence-electron chi connectivity index (χ3n) is 2.69. The van der Waals surface area contributed by atoms with Crippen LogP contribution in [0.2, 0.25) is 0 Å². The Bertz CT molecular complexity index is 631. The Kier molecular flexibility index (Phi) is 4.61. The van der Waals surface area contributed by atoms with Gasteiger partial charge in [-0.25, -0.2) is 9.18 Å². The van der Waals surface area contributed by atoms with E-state index in [1.165, 1.54) is 0 Å². The van der Waals surface area contributed by atoms with Gasteiger partial charge in [0.2, 0.25) is 0 Å². The third-order valence-corrected chi connectivity index (χ3v) is 2.69. The maximum absolute atomic E-state index is 13.6. The van der Waals surface area contributed by atoms with Crippen molar-refractivity contribution in [3.63, 3.8) is 0 Å². The number of nitrogens with two attached hydrogens (primary N) is 1. The monoisotopic (exact) mass is 291 g/mol. The number of rotatable bonds is 6. The lowest BCUT2D eigenvalue weighted by molar-refractivity contribution is 0.0697. The zero-order valence-electron chi connectivity index (χ0n) is 11.1. The van der Waals surface area contributed by atoms with E-state index >= 15 is 0 Å². The SMILES string of the molecule is Nc1cc(F)c(OCCOc2ccccc2)cc1C(=O)O. The molecule has 0 saturated heterocycles. The fraction of sp³-hybridized carbons (Fsp3) is 0.133. The molecule has 0 aliphatic heterocycles. The lowest BCUT2D eigenvalue weighted by atomic mass is 10.1. The minimum absolute atomic E-state index is 0.0782. The third kappa shape index (κ3) is 3.85. The number of halogens is 1. The molecule has 5 nitrogen and oxygen atoms in total. The van der Waals surface area contributed by atoms with Crippen LogP contribution in [-0.4, -0.2) is 24.3 Å². The van der Waals surface area contributed by atoms with Crippen molar-refractivity contribution in [1.82, 2.24) is 0 Å². The highest BCUT2D eigenvalue weighted by Gasteiger charge is 2.14. The molecule has 0 bridgehead atoms. The van der Waals surface area contributed by atoms with Gasteiger partial charge in [-0.1, -0.05) is 18.2 Å². The van der Waals surface area contributed by atoms with Crippen LogP contribution in [0.3, 0.4) is 0 Å². The number of carboxylic acid groups (broad SMARTS) is 1. The molecule has 2 aromatic rings. The van der Waals surface area contributed by atoms with Crippen LogP contribution >= 0.6 is 0 Å². The fourth-order valence-corrected chi connectivity index (χ4v) is 1.69. The molecule has 0 unspecified atom stereocenters. The average molecular weight is 291 g/mol. The molecule has 2 rings (SSSR count). The van der Waals surface area contributed by atoms with Crippen molar-refractivity contribution in [2.75, 3.05) is 18.9 Å².